The van der Waals surface area contributed by atoms with Crippen LogP contribution in [0.3, 0.4) is 0 Å². The van der Waals surface area contributed by atoms with E-state index in [2.05, 4.69) is 27.1 Å². The first-order valence-corrected chi connectivity index (χ1v) is 6.28. The van der Waals surface area contributed by atoms with Crippen molar-refractivity contribution in [1.82, 2.24) is 14.9 Å². The number of anilines is 1. The van der Waals surface area contributed by atoms with E-state index in [0.717, 1.165) is 6.54 Å². The van der Waals surface area contributed by atoms with E-state index in [0.29, 0.717) is 11.9 Å². The summed E-state index contributed by atoms with van der Waals surface area (Å²) in [4.78, 5) is 20.2. The molecule has 1 aromatic rings. The van der Waals surface area contributed by atoms with E-state index in [4.69, 9.17) is 0 Å². The van der Waals surface area contributed by atoms with Gasteiger partial charge in [-0.2, -0.15) is 0 Å². The quantitative estimate of drug-likeness (QED) is 0.820. The molecule has 2 rings (SSSR count). The second kappa shape index (κ2) is 5.82. The van der Waals surface area contributed by atoms with Crippen molar-refractivity contribution >= 4 is 5.82 Å². The van der Waals surface area contributed by atoms with Gasteiger partial charge in [-0.25, -0.2) is 4.98 Å². The van der Waals surface area contributed by atoms with Crippen molar-refractivity contribution in [3.05, 3.63) is 22.7 Å². The van der Waals surface area contributed by atoms with Gasteiger partial charge >= 0.3 is 0 Å². The number of piperidine rings is 1. The Kier molecular flexibility index (Phi) is 4.14. The summed E-state index contributed by atoms with van der Waals surface area (Å²) in [5.74, 6) is 0.651. The van der Waals surface area contributed by atoms with Crippen LogP contribution in [0.1, 0.15) is 26.2 Å². The van der Waals surface area contributed by atoms with Crippen LogP contribution in [-0.4, -0.2) is 40.5 Å². The summed E-state index contributed by atoms with van der Waals surface area (Å²) in [6.07, 6.45) is 5.38. The van der Waals surface area contributed by atoms with Crippen molar-refractivity contribution in [3.8, 4) is 0 Å². The normalized spacial score (nSPS) is 18.9. The second-order valence-corrected chi connectivity index (χ2v) is 4.62. The smallest absolute Gasteiger partial charge is 0.252 e. The second-order valence-electron chi connectivity index (χ2n) is 4.62. The summed E-state index contributed by atoms with van der Waals surface area (Å²) in [7, 11) is 0. The minimum atomic E-state index is -0.117. The van der Waals surface area contributed by atoms with Gasteiger partial charge in [0.15, 0.2) is 0 Å². The lowest BCUT2D eigenvalue weighted by atomic mass is 10.1. The number of H-pyrrole nitrogens is 1. The number of aromatic nitrogens is 2. The van der Waals surface area contributed by atoms with Crippen LogP contribution < -0.4 is 10.9 Å². The van der Waals surface area contributed by atoms with E-state index in [-0.39, 0.29) is 5.56 Å². The molecule has 94 valence electrons. The van der Waals surface area contributed by atoms with Crippen LogP contribution in [-0.2, 0) is 0 Å². The Hall–Kier alpha value is -1.36. The van der Waals surface area contributed by atoms with Crippen LogP contribution >= 0.6 is 0 Å². The molecule has 1 atom stereocenters. The summed E-state index contributed by atoms with van der Waals surface area (Å²) < 4.78 is 0. The van der Waals surface area contributed by atoms with Gasteiger partial charge in [-0.3, -0.25) is 9.69 Å². The third-order valence-electron chi connectivity index (χ3n) is 3.27. The minimum Gasteiger partial charge on any atom is -0.368 e. The molecule has 5 nitrogen and oxygen atoms in total. The Bertz CT molecular complexity index is 397. The molecule has 1 aromatic heterocycles. The number of aromatic amines is 1. The zero-order valence-electron chi connectivity index (χ0n) is 10.3. The number of hydrogen-bond donors (Lipinski definition) is 2. The van der Waals surface area contributed by atoms with Gasteiger partial charge in [0.25, 0.3) is 5.56 Å². The van der Waals surface area contributed by atoms with E-state index in [1.807, 2.05) is 0 Å². The van der Waals surface area contributed by atoms with Gasteiger partial charge in [0, 0.05) is 18.7 Å². The van der Waals surface area contributed by atoms with Gasteiger partial charge in [-0.1, -0.05) is 6.42 Å². The Balaban J connectivity index is 1.82. The highest BCUT2D eigenvalue weighted by Crippen LogP contribution is 2.12. The maximum atomic E-state index is 11.1. The Morgan fingerprint density at radius 2 is 2.24 bits per heavy atom. The molecule has 0 amide bonds. The molecule has 0 radical (unpaired) electrons. The lowest BCUT2D eigenvalue weighted by molar-refractivity contribution is 0.180. The van der Waals surface area contributed by atoms with Crippen molar-refractivity contribution in [1.29, 1.82) is 0 Å². The van der Waals surface area contributed by atoms with E-state index >= 15 is 0 Å². The van der Waals surface area contributed by atoms with Crippen molar-refractivity contribution in [2.24, 2.45) is 0 Å². The molecule has 0 aliphatic carbocycles. The molecule has 0 saturated carbocycles. The maximum Gasteiger partial charge on any atom is 0.252 e. The molecule has 1 aliphatic heterocycles. The molecule has 17 heavy (non-hydrogen) atoms. The highest BCUT2D eigenvalue weighted by molar-refractivity contribution is 5.31. The highest BCUT2D eigenvalue weighted by Gasteiger charge is 2.16. The average Bonchev–Trinajstić information content (AvgIpc) is 2.37. The first kappa shape index (κ1) is 12.1. The molecular formula is C12H20N4O. The average molecular weight is 236 g/mol. The lowest BCUT2D eigenvalue weighted by Crippen LogP contribution is -2.41. The summed E-state index contributed by atoms with van der Waals surface area (Å²) >= 11 is 0. The Morgan fingerprint density at radius 3 is 2.94 bits per heavy atom. The number of nitrogens with one attached hydrogen (secondary N) is 2. The predicted molar refractivity (Wildman–Crippen MR) is 68.2 cm³/mol. The van der Waals surface area contributed by atoms with Gasteiger partial charge in [0.1, 0.15) is 5.82 Å². The molecule has 0 spiro atoms. The standard InChI is InChI=1S/C12H20N4O/c1-10(16-5-3-2-4-6-16)8-13-11-7-12(17)15-9-14-11/h7,9-10H,2-6,8H2,1H3,(H2,13,14,15,17). The molecule has 0 bridgehead atoms. The molecular weight excluding hydrogens is 216 g/mol. The number of hydrogen-bond acceptors (Lipinski definition) is 4. The summed E-state index contributed by atoms with van der Waals surface area (Å²) in [5, 5.41) is 3.21. The van der Waals surface area contributed by atoms with Crippen LogP contribution in [0.25, 0.3) is 0 Å². The zero-order valence-corrected chi connectivity index (χ0v) is 10.3. The van der Waals surface area contributed by atoms with E-state index in [1.54, 1.807) is 0 Å². The first-order valence-electron chi connectivity index (χ1n) is 6.28. The minimum absolute atomic E-state index is 0.117. The molecule has 1 fully saturated rings. The third-order valence-corrected chi connectivity index (χ3v) is 3.27. The molecule has 1 unspecified atom stereocenters. The largest absolute Gasteiger partial charge is 0.368 e. The summed E-state index contributed by atoms with van der Waals surface area (Å²) in [5.41, 5.74) is -0.117. The highest BCUT2D eigenvalue weighted by atomic mass is 16.1. The Morgan fingerprint density at radius 1 is 1.47 bits per heavy atom. The van der Waals surface area contributed by atoms with Crippen LogP contribution in [0.15, 0.2) is 17.2 Å². The fourth-order valence-electron chi connectivity index (χ4n) is 2.21. The monoisotopic (exact) mass is 236 g/mol. The number of likely N-dealkylation sites (tertiary alicyclic amines) is 1. The summed E-state index contributed by atoms with van der Waals surface area (Å²) in [6, 6.07) is 1.97. The van der Waals surface area contributed by atoms with E-state index < -0.39 is 0 Å². The fraction of sp³-hybridized carbons (Fsp3) is 0.667. The van der Waals surface area contributed by atoms with Crippen LogP contribution in [0.2, 0.25) is 0 Å². The number of rotatable bonds is 4. The predicted octanol–water partition coefficient (Wildman–Crippen LogP) is 1.06. The van der Waals surface area contributed by atoms with Crippen molar-refractivity contribution in [2.45, 2.75) is 32.2 Å². The van der Waals surface area contributed by atoms with Crippen molar-refractivity contribution in [2.75, 3.05) is 25.0 Å². The lowest BCUT2D eigenvalue weighted by Gasteiger charge is -2.32. The fourth-order valence-corrected chi connectivity index (χ4v) is 2.21. The van der Waals surface area contributed by atoms with E-state index in [9.17, 15) is 4.79 Å². The van der Waals surface area contributed by atoms with E-state index in [1.165, 1.54) is 44.7 Å². The topological polar surface area (TPSA) is 61.0 Å². The molecule has 2 N–H and O–H groups in total. The molecule has 2 heterocycles. The van der Waals surface area contributed by atoms with Gasteiger partial charge in [0.05, 0.1) is 6.33 Å². The zero-order chi connectivity index (χ0) is 12.1. The number of nitrogens with zero attached hydrogens (tertiary/aromatic N) is 2. The SMILES string of the molecule is CC(CNc1cc(=O)[nH]cn1)N1CCCCC1. The molecule has 1 saturated heterocycles. The van der Waals surface area contributed by atoms with Crippen LogP contribution in [0.5, 0.6) is 0 Å². The van der Waals surface area contributed by atoms with Crippen molar-refractivity contribution in [3.63, 3.8) is 0 Å². The summed E-state index contributed by atoms with van der Waals surface area (Å²) in [6.45, 7) is 5.42. The van der Waals surface area contributed by atoms with Gasteiger partial charge in [0.2, 0.25) is 0 Å². The van der Waals surface area contributed by atoms with Crippen LogP contribution in [0, 0.1) is 0 Å². The Labute approximate surface area is 101 Å². The van der Waals surface area contributed by atoms with Gasteiger partial charge in [-0.05, 0) is 32.9 Å². The maximum absolute atomic E-state index is 11.1. The van der Waals surface area contributed by atoms with Gasteiger partial charge < -0.3 is 10.3 Å². The molecule has 5 heteroatoms. The van der Waals surface area contributed by atoms with Gasteiger partial charge in [-0.15, -0.1) is 0 Å². The molecule has 1 aliphatic rings. The third kappa shape index (κ3) is 3.56. The van der Waals surface area contributed by atoms with Crippen molar-refractivity contribution < 1.29 is 0 Å². The van der Waals surface area contributed by atoms with Crippen LogP contribution in [0.4, 0.5) is 5.82 Å². The molecule has 0 aromatic carbocycles. The first-order chi connectivity index (χ1) is 8.25.